The van der Waals surface area contributed by atoms with Crippen LogP contribution in [-0.4, -0.2) is 67.5 Å². The smallest absolute Gasteiger partial charge is 0.253 e. The van der Waals surface area contributed by atoms with Gasteiger partial charge >= 0.3 is 0 Å². The molecule has 0 atom stereocenters. The maximum atomic E-state index is 12.8. The Morgan fingerprint density at radius 2 is 1.79 bits per heavy atom. The molecule has 3 heterocycles. The molecule has 146 valence electrons. The summed E-state index contributed by atoms with van der Waals surface area (Å²) in [5, 5.41) is 0. The van der Waals surface area contributed by atoms with Crippen molar-refractivity contribution in [2.75, 3.05) is 32.7 Å². The molecule has 0 radical (unpaired) electrons. The van der Waals surface area contributed by atoms with Crippen molar-refractivity contribution in [3.63, 3.8) is 0 Å². The van der Waals surface area contributed by atoms with Crippen LogP contribution in [0.5, 0.6) is 0 Å². The molecule has 0 bridgehead atoms. The molecule has 4 rings (SSSR count). The number of imidazole rings is 2. The Morgan fingerprint density at radius 3 is 2.43 bits per heavy atom. The first-order valence-electron chi connectivity index (χ1n) is 9.73. The molecule has 1 fully saturated rings. The molecule has 0 saturated carbocycles. The van der Waals surface area contributed by atoms with E-state index in [1.165, 1.54) is 0 Å². The predicted octanol–water partition coefficient (Wildman–Crippen LogP) is 1.89. The minimum absolute atomic E-state index is 0.124. The fourth-order valence-corrected chi connectivity index (χ4v) is 3.59. The Hall–Kier alpha value is -2.93. The van der Waals surface area contributed by atoms with E-state index >= 15 is 0 Å². The van der Waals surface area contributed by atoms with Gasteiger partial charge in [-0.15, -0.1) is 0 Å². The predicted molar refractivity (Wildman–Crippen MR) is 107 cm³/mol. The van der Waals surface area contributed by atoms with Crippen molar-refractivity contribution in [1.29, 1.82) is 0 Å². The van der Waals surface area contributed by atoms with Gasteiger partial charge in [-0.05, 0) is 24.6 Å². The van der Waals surface area contributed by atoms with Crippen molar-refractivity contribution in [2.24, 2.45) is 0 Å². The normalized spacial score (nSPS) is 15.1. The highest BCUT2D eigenvalue weighted by Crippen LogP contribution is 2.12. The second-order valence-electron chi connectivity index (χ2n) is 7.23. The molecule has 1 aliphatic heterocycles. The SMILES string of the molecule is Cc1nccn1CCN1CCN(C(=O)c2ccc(Cn3ccnc3)cc2)CC1. The number of amides is 1. The van der Waals surface area contributed by atoms with E-state index in [1.807, 2.05) is 59.2 Å². The summed E-state index contributed by atoms with van der Waals surface area (Å²) in [7, 11) is 0. The van der Waals surface area contributed by atoms with Crippen LogP contribution in [0.25, 0.3) is 0 Å². The average molecular weight is 378 g/mol. The quantitative estimate of drug-likeness (QED) is 0.657. The van der Waals surface area contributed by atoms with E-state index in [0.29, 0.717) is 0 Å². The van der Waals surface area contributed by atoms with Crippen molar-refractivity contribution >= 4 is 5.91 Å². The van der Waals surface area contributed by atoms with Gasteiger partial charge in [-0.3, -0.25) is 9.69 Å². The Kier molecular flexibility index (Phi) is 5.53. The fourth-order valence-electron chi connectivity index (χ4n) is 3.59. The lowest BCUT2D eigenvalue weighted by Crippen LogP contribution is -2.49. The molecule has 0 N–H and O–H groups in total. The van der Waals surface area contributed by atoms with Crippen LogP contribution in [0.1, 0.15) is 21.7 Å². The Bertz CT molecular complexity index is 891. The summed E-state index contributed by atoms with van der Waals surface area (Å²) < 4.78 is 4.18. The molecule has 1 amide bonds. The first-order chi connectivity index (χ1) is 13.7. The summed E-state index contributed by atoms with van der Waals surface area (Å²) in [4.78, 5) is 25.5. The Balaban J connectivity index is 1.27. The number of benzene rings is 1. The summed E-state index contributed by atoms with van der Waals surface area (Å²) in [5.41, 5.74) is 1.92. The van der Waals surface area contributed by atoms with Gasteiger partial charge in [-0.1, -0.05) is 12.1 Å². The third-order valence-electron chi connectivity index (χ3n) is 5.37. The van der Waals surface area contributed by atoms with E-state index in [9.17, 15) is 4.79 Å². The van der Waals surface area contributed by atoms with Gasteiger partial charge in [0.15, 0.2) is 0 Å². The number of carbonyl (C=O) groups is 1. The van der Waals surface area contributed by atoms with Crippen molar-refractivity contribution in [3.05, 3.63) is 72.3 Å². The van der Waals surface area contributed by atoms with Crippen LogP contribution < -0.4 is 0 Å². The highest BCUT2D eigenvalue weighted by molar-refractivity contribution is 5.94. The summed E-state index contributed by atoms with van der Waals surface area (Å²) in [6, 6.07) is 7.92. The van der Waals surface area contributed by atoms with E-state index in [2.05, 4.69) is 19.4 Å². The fraction of sp³-hybridized carbons (Fsp3) is 0.381. The van der Waals surface area contributed by atoms with Crippen molar-refractivity contribution in [3.8, 4) is 0 Å². The molecule has 0 spiro atoms. The summed E-state index contributed by atoms with van der Waals surface area (Å²) in [6.45, 7) is 8.11. The van der Waals surface area contributed by atoms with Gasteiger partial charge < -0.3 is 14.0 Å². The summed E-state index contributed by atoms with van der Waals surface area (Å²) in [6.07, 6.45) is 9.37. The Morgan fingerprint density at radius 1 is 1.00 bits per heavy atom. The first kappa shape index (κ1) is 18.4. The Labute approximate surface area is 165 Å². The number of piperazine rings is 1. The lowest BCUT2D eigenvalue weighted by Gasteiger charge is -2.34. The second kappa shape index (κ2) is 8.39. The summed E-state index contributed by atoms with van der Waals surface area (Å²) >= 11 is 0. The van der Waals surface area contributed by atoms with Crippen molar-refractivity contribution in [1.82, 2.24) is 28.9 Å². The highest BCUT2D eigenvalue weighted by Gasteiger charge is 2.22. The van der Waals surface area contributed by atoms with E-state index in [1.54, 1.807) is 12.5 Å². The molecule has 1 aromatic carbocycles. The van der Waals surface area contributed by atoms with Gasteiger partial charge in [-0.2, -0.15) is 0 Å². The maximum Gasteiger partial charge on any atom is 0.253 e. The van der Waals surface area contributed by atoms with Crippen LogP contribution >= 0.6 is 0 Å². The van der Waals surface area contributed by atoms with Crippen LogP contribution in [0.4, 0.5) is 0 Å². The molecule has 3 aromatic rings. The van der Waals surface area contributed by atoms with Crippen LogP contribution in [-0.2, 0) is 13.1 Å². The number of carbonyl (C=O) groups excluding carboxylic acids is 1. The number of aryl methyl sites for hydroxylation is 1. The topological polar surface area (TPSA) is 59.2 Å². The zero-order valence-electron chi connectivity index (χ0n) is 16.2. The molecule has 1 saturated heterocycles. The zero-order valence-corrected chi connectivity index (χ0v) is 16.2. The van der Waals surface area contributed by atoms with Crippen LogP contribution in [0.2, 0.25) is 0 Å². The van der Waals surface area contributed by atoms with Crippen molar-refractivity contribution in [2.45, 2.75) is 20.0 Å². The molecule has 1 aliphatic rings. The summed E-state index contributed by atoms with van der Waals surface area (Å²) in [5.74, 6) is 1.17. The molecule has 0 unspecified atom stereocenters. The third-order valence-corrected chi connectivity index (χ3v) is 5.37. The molecule has 0 aliphatic carbocycles. The lowest BCUT2D eigenvalue weighted by molar-refractivity contribution is 0.0633. The van der Waals surface area contributed by atoms with Crippen LogP contribution in [0.3, 0.4) is 0 Å². The monoisotopic (exact) mass is 378 g/mol. The van der Waals surface area contributed by atoms with E-state index in [4.69, 9.17) is 0 Å². The largest absolute Gasteiger partial charge is 0.336 e. The molecule has 2 aromatic heterocycles. The second-order valence-corrected chi connectivity index (χ2v) is 7.23. The maximum absolute atomic E-state index is 12.8. The lowest BCUT2D eigenvalue weighted by atomic mass is 10.1. The van der Waals surface area contributed by atoms with Crippen LogP contribution in [0, 0.1) is 6.92 Å². The zero-order chi connectivity index (χ0) is 19.3. The van der Waals surface area contributed by atoms with Crippen LogP contribution in [0.15, 0.2) is 55.4 Å². The molecule has 7 heteroatoms. The van der Waals surface area contributed by atoms with E-state index in [-0.39, 0.29) is 5.91 Å². The van der Waals surface area contributed by atoms with Gasteiger partial charge in [0.2, 0.25) is 0 Å². The third kappa shape index (κ3) is 4.31. The highest BCUT2D eigenvalue weighted by atomic mass is 16.2. The number of aromatic nitrogens is 4. The van der Waals surface area contributed by atoms with Gasteiger partial charge in [0.25, 0.3) is 5.91 Å². The first-order valence-corrected chi connectivity index (χ1v) is 9.73. The molecular formula is C21H26N6O. The number of hydrogen-bond acceptors (Lipinski definition) is 4. The van der Waals surface area contributed by atoms with Gasteiger partial charge in [0.05, 0.1) is 6.33 Å². The average Bonchev–Trinajstić information content (AvgIpc) is 3.38. The van der Waals surface area contributed by atoms with Crippen molar-refractivity contribution < 1.29 is 4.79 Å². The number of hydrogen-bond donors (Lipinski definition) is 0. The minimum atomic E-state index is 0.124. The number of nitrogens with zero attached hydrogens (tertiary/aromatic N) is 6. The molecule has 28 heavy (non-hydrogen) atoms. The molecular weight excluding hydrogens is 352 g/mol. The van der Waals surface area contributed by atoms with Gasteiger partial charge in [0.1, 0.15) is 5.82 Å². The van der Waals surface area contributed by atoms with Gasteiger partial charge in [0, 0.05) is 76.2 Å². The van der Waals surface area contributed by atoms with E-state index < -0.39 is 0 Å². The minimum Gasteiger partial charge on any atom is -0.336 e. The standard InChI is InChI=1S/C21H26N6O/c1-18-23-7-9-26(18)13-10-24-11-14-27(15-12-24)21(28)20-4-2-19(3-5-20)16-25-8-6-22-17-25/h2-9,17H,10-16H2,1H3. The van der Waals surface area contributed by atoms with Gasteiger partial charge in [-0.25, -0.2) is 9.97 Å². The van der Waals surface area contributed by atoms with E-state index in [0.717, 1.165) is 62.8 Å². The number of rotatable bonds is 6. The molecule has 7 nitrogen and oxygen atoms in total.